The SMILES string of the molecule is CC.CC.CC.CCc1ccccc1.CNC(=O)N=C(NC(=O)NC)SCc1ccccc1.N=C(N)SCc1ccccc1.NC(N)=S. The average Bonchev–Trinajstić information content (AvgIpc) is 3.13. The van der Waals surface area contributed by atoms with E-state index in [9.17, 15) is 9.59 Å². The van der Waals surface area contributed by atoms with Gasteiger partial charge in [0.05, 0.1) is 0 Å². The molecule has 0 aromatic heterocycles. The zero-order valence-corrected chi connectivity index (χ0v) is 32.5. The molecule has 0 fully saturated rings. The molecule has 0 spiro atoms. The molecule has 268 valence electrons. The smallest absolute Gasteiger partial charge is 0.343 e. The molecule has 0 aliphatic heterocycles. The van der Waals surface area contributed by atoms with Gasteiger partial charge in [0.2, 0.25) is 0 Å². The van der Waals surface area contributed by atoms with E-state index in [0.717, 1.165) is 17.7 Å². The molecule has 0 atom stereocenters. The highest BCUT2D eigenvalue weighted by molar-refractivity contribution is 8.13. The zero-order chi connectivity index (χ0) is 37.6. The van der Waals surface area contributed by atoms with Gasteiger partial charge < -0.3 is 27.8 Å². The van der Waals surface area contributed by atoms with Gasteiger partial charge in [0.25, 0.3) is 0 Å². The maximum atomic E-state index is 11.3. The first-order valence-electron chi connectivity index (χ1n) is 15.7. The van der Waals surface area contributed by atoms with E-state index in [1.165, 1.54) is 48.7 Å². The van der Waals surface area contributed by atoms with Gasteiger partial charge in [-0.05, 0) is 35.3 Å². The number of amidine groups is 2. The number of nitrogens with zero attached hydrogens (tertiary/aromatic N) is 1. The lowest BCUT2D eigenvalue weighted by molar-refractivity contribution is 0.247. The van der Waals surface area contributed by atoms with Gasteiger partial charge in [-0.2, -0.15) is 4.99 Å². The summed E-state index contributed by atoms with van der Waals surface area (Å²) < 4.78 is 0. The number of thioether (sulfide) groups is 2. The van der Waals surface area contributed by atoms with E-state index in [1.807, 2.05) is 108 Å². The second-order valence-corrected chi connectivity index (χ2v) is 10.3. The zero-order valence-electron chi connectivity index (χ0n) is 30.0. The summed E-state index contributed by atoms with van der Waals surface area (Å²) in [5.74, 6) is 1.40. The van der Waals surface area contributed by atoms with Gasteiger partial charge in [-0.25, -0.2) is 9.59 Å². The number of rotatable bonds is 5. The van der Waals surface area contributed by atoms with Crippen molar-refractivity contribution >= 4 is 63.3 Å². The minimum absolute atomic E-state index is 0.000000000000000222. The van der Waals surface area contributed by atoms with Gasteiger partial charge in [-0.15, -0.1) is 0 Å². The van der Waals surface area contributed by atoms with Crippen LogP contribution in [-0.2, 0) is 17.9 Å². The summed E-state index contributed by atoms with van der Waals surface area (Å²) in [4.78, 5) is 26.2. The van der Waals surface area contributed by atoms with Crippen molar-refractivity contribution in [3.8, 4) is 0 Å². The molecule has 0 aliphatic carbocycles. The van der Waals surface area contributed by atoms with Gasteiger partial charge in [0.1, 0.15) is 0 Å². The third-order valence-corrected chi connectivity index (χ3v) is 6.30. The van der Waals surface area contributed by atoms with E-state index < -0.39 is 12.1 Å². The van der Waals surface area contributed by atoms with Gasteiger partial charge in [-0.1, -0.05) is 163 Å². The third-order valence-electron chi connectivity index (χ3n) is 4.57. The van der Waals surface area contributed by atoms with E-state index in [1.54, 1.807) is 0 Å². The lowest BCUT2D eigenvalue weighted by Crippen LogP contribution is -2.37. The summed E-state index contributed by atoms with van der Waals surface area (Å²) in [6, 6.07) is 29.2. The lowest BCUT2D eigenvalue weighted by Gasteiger charge is -2.07. The predicted molar refractivity (Wildman–Crippen MR) is 218 cm³/mol. The molecule has 4 amide bonds. The van der Waals surface area contributed by atoms with Crippen LogP contribution in [0.2, 0.25) is 0 Å². The Morgan fingerprint density at radius 2 is 1.04 bits per heavy atom. The van der Waals surface area contributed by atoms with Gasteiger partial charge >= 0.3 is 12.1 Å². The highest BCUT2D eigenvalue weighted by atomic mass is 32.2. The molecule has 0 unspecified atom stereocenters. The molecular formula is C35H58N8O2S3. The number of carbonyl (C=O) groups is 2. The van der Waals surface area contributed by atoms with Crippen LogP contribution in [0.4, 0.5) is 9.59 Å². The van der Waals surface area contributed by atoms with E-state index >= 15 is 0 Å². The Labute approximate surface area is 303 Å². The van der Waals surface area contributed by atoms with Crippen molar-refractivity contribution in [2.75, 3.05) is 14.1 Å². The first-order valence-corrected chi connectivity index (χ1v) is 18.0. The molecule has 0 saturated heterocycles. The minimum Gasteiger partial charge on any atom is -0.379 e. The fourth-order valence-electron chi connectivity index (χ4n) is 2.58. The predicted octanol–water partition coefficient (Wildman–Crippen LogP) is 7.87. The number of carbonyl (C=O) groups excluding carboxylic acids is 2. The van der Waals surface area contributed by atoms with Crippen molar-refractivity contribution in [1.82, 2.24) is 16.0 Å². The Balaban J connectivity index is -0.000000283. The number of thiocarbonyl (C=S) groups is 1. The maximum absolute atomic E-state index is 11.3. The molecular weight excluding hydrogens is 661 g/mol. The molecule has 0 aliphatic rings. The number of aryl methyl sites for hydroxylation is 1. The second kappa shape index (κ2) is 39.1. The summed E-state index contributed by atoms with van der Waals surface area (Å²) in [6.45, 7) is 14.2. The number of nitrogens with one attached hydrogen (secondary N) is 4. The molecule has 3 rings (SSSR count). The van der Waals surface area contributed by atoms with E-state index in [2.05, 4.69) is 75.8 Å². The van der Waals surface area contributed by atoms with Crippen LogP contribution < -0.4 is 33.2 Å². The highest BCUT2D eigenvalue weighted by Crippen LogP contribution is 2.13. The number of amides is 4. The summed E-state index contributed by atoms with van der Waals surface area (Å²) in [5.41, 5.74) is 18.1. The molecule has 3 aromatic rings. The Morgan fingerprint density at radius 3 is 1.33 bits per heavy atom. The van der Waals surface area contributed by atoms with Crippen LogP contribution >= 0.6 is 35.7 Å². The fourth-order valence-corrected chi connectivity index (χ4v) is 3.90. The van der Waals surface area contributed by atoms with E-state index in [-0.39, 0.29) is 15.4 Å². The lowest BCUT2D eigenvalue weighted by atomic mass is 10.2. The minimum atomic E-state index is -0.507. The maximum Gasteiger partial charge on any atom is 0.343 e. The largest absolute Gasteiger partial charge is 0.379 e. The topological polar surface area (TPSA) is 185 Å². The Hall–Kier alpha value is -4.07. The summed E-state index contributed by atoms with van der Waals surface area (Å²) in [5, 5.41) is 14.7. The van der Waals surface area contributed by atoms with Crippen molar-refractivity contribution in [2.45, 2.75) is 66.4 Å². The molecule has 0 radical (unpaired) electrons. The number of aliphatic imine (C=N–C) groups is 1. The summed E-state index contributed by atoms with van der Waals surface area (Å²) in [6.07, 6.45) is 1.14. The number of hydrogen-bond donors (Lipinski definition) is 7. The molecule has 13 heteroatoms. The molecule has 3 aromatic carbocycles. The van der Waals surface area contributed by atoms with Crippen molar-refractivity contribution in [1.29, 1.82) is 5.41 Å². The highest BCUT2D eigenvalue weighted by Gasteiger charge is 2.07. The number of urea groups is 2. The van der Waals surface area contributed by atoms with Crippen LogP contribution in [0.25, 0.3) is 0 Å². The number of benzene rings is 3. The monoisotopic (exact) mass is 718 g/mol. The Morgan fingerprint density at radius 1 is 0.688 bits per heavy atom. The van der Waals surface area contributed by atoms with Gasteiger partial charge in [0.15, 0.2) is 15.4 Å². The molecule has 0 heterocycles. The van der Waals surface area contributed by atoms with Crippen LogP contribution in [-0.4, -0.2) is 41.6 Å². The quantitative estimate of drug-likeness (QED) is 0.0789. The molecule has 0 bridgehead atoms. The Kier molecular flexibility index (Phi) is 41.4. The molecule has 10 N–H and O–H groups in total. The van der Waals surface area contributed by atoms with Crippen molar-refractivity contribution in [2.24, 2.45) is 22.2 Å². The molecule has 0 saturated carbocycles. The van der Waals surface area contributed by atoms with Crippen LogP contribution in [0.15, 0.2) is 96.0 Å². The molecule has 10 nitrogen and oxygen atoms in total. The fraction of sp³-hybridized carbons (Fsp3) is 0.343. The van der Waals surface area contributed by atoms with Crippen LogP contribution in [0.5, 0.6) is 0 Å². The average molecular weight is 719 g/mol. The second-order valence-electron chi connectivity index (χ2n) is 7.83. The summed E-state index contributed by atoms with van der Waals surface area (Å²) >= 11 is 6.72. The first kappa shape index (κ1) is 50.8. The van der Waals surface area contributed by atoms with Crippen LogP contribution in [0.1, 0.15) is 65.2 Å². The van der Waals surface area contributed by atoms with Gasteiger partial charge in [-0.3, -0.25) is 10.7 Å². The van der Waals surface area contributed by atoms with Crippen molar-refractivity contribution < 1.29 is 9.59 Å². The third kappa shape index (κ3) is 36.4. The van der Waals surface area contributed by atoms with Gasteiger partial charge in [0, 0.05) is 25.6 Å². The van der Waals surface area contributed by atoms with Crippen LogP contribution in [0, 0.1) is 5.41 Å². The number of nitrogens with two attached hydrogens (primary N) is 3. The van der Waals surface area contributed by atoms with Crippen molar-refractivity contribution in [3.05, 3.63) is 108 Å². The molecule has 48 heavy (non-hydrogen) atoms. The summed E-state index contributed by atoms with van der Waals surface area (Å²) in [7, 11) is 2.97. The normalized spacial score (nSPS) is 8.81. The van der Waals surface area contributed by atoms with E-state index in [0.29, 0.717) is 5.75 Å². The van der Waals surface area contributed by atoms with Crippen molar-refractivity contribution in [3.63, 3.8) is 0 Å². The Bertz CT molecular complexity index is 1210. The number of hydrogen-bond acceptors (Lipinski definition) is 6. The standard InChI is InChI=1S/C12H16N4O2S.C8H10N2S.C8H10.3C2H6.CH4N2S/c1-13-10(17)15-12(16-11(18)14-2)19-8-9-6-4-3-5-7-9;9-8(10)11-6-7-4-2-1-3-5-7;1-2-8-6-4-3-5-7-8;3*1-2;2-1(3)4/h3-7H,8H2,1-2H3,(H3,13,14,15,16,17,18);1-5H,6H2,(H3,9,10);3-7H,2H2,1H3;3*1-2H3;(H4,2,3,4). The van der Waals surface area contributed by atoms with Crippen LogP contribution in [0.3, 0.4) is 0 Å². The van der Waals surface area contributed by atoms with E-state index in [4.69, 9.17) is 11.1 Å². The first-order chi connectivity index (χ1) is 23.1.